The quantitative estimate of drug-likeness (QED) is 0.809. The highest BCUT2D eigenvalue weighted by Crippen LogP contribution is 2.36. The van der Waals surface area contributed by atoms with Gasteiger partial charge in [0.05, 0.1) is 7.11 Å². The number of likely N-dealkylation sites (tertiary alicyclic amines) is 1. The molecule has 0 aromatic carbocycles. The van der Waals surface area contributed by atoms with Crippen LogP contribution in [0.5, 0.6) is 5.88 Å². The maximum atomic E-state index is 12.5. The molecule has 4 rings (SSSR count). The zero-order chi connectivity index (χ0) is 18.1. The summed E-state index contributed by atoms with van der Waals surface area (Å²) >= 11 is 0. The Morgan fingerprint density at radius 2 is 1.96 bits per heavy atom. The zero-order valence-electron chi connectivity index (χ0n) is 15.1. The van der Waals surface area contributed by atoms with Gasteiger partial charge >= 0.3 is 0 Å². The third-order valence-electron chi connectivity index (χ3n) is 5.02. The molecular weight excluding hydrogens is 334 g/mol. The third kappa shape index (κ3) is 3.36. The van der Waals surface area contributed by atoms with Gasteiger partial charge in [-0.25, -0.2) is 15.0 Å². The van der Waals surface area contributed by atoms with Gasteiger partial charge in [0.15, 0.2) is 11.6 Å². The predicted molar refractivity (Wildman–Crippen MR) is 94.3 cm³/mol. The molecule has 2 aliphatic rings. The lowest BCUT2D eigenvalue weighted by atomic mass is 10.0. The van der Waals surface area contributed by atoms with Crippen LogP contribution in [0.2, 0.25) is 0 Å². The van der Waals surface area contributed by atoms with E-state index in [9.17, 15) is 4.79 Å². The van der Waals surface area contributed by atoms with Gasteiger partial charge in [0.25, 0.3) is 5.91 Å². The second-order valence-electron chi connectivity index (χ2n) is 6.83. The van der Waals surface area contributed by atoms with Crippen molar-refractivity contribution in [1.82, 2.24) is 19.9 Å². The molecule has 0 bridgehead atoms. The summed E-state index contributed by atoms with van der Waals surface area (Å²) in [6.45, 7) is 3.16. The Labute approximate surface area is 152 Å². The topological polar surface area (TPSA) is 84.6 Å². The van der Waals surface area contributed by atoms with Crippen molar-refractivity contribution in [3.05, 3.63) is 30.2 Å². The van der Waals surface area contributed by atoms with Gasteiger partial charge < -0.3 is 19.0 Å². The van der Waals surface area contributed by atoms with Crippen LogP contribution in [-0.4, -0.2) is 58.0 Å². The van der Waals surface area contributed by atoms with E-state index in [2.05, 4.69) is 19.9 Å². The van der Waals surface area contributed by atoms with Gasteiger partial charge in [0.1, 0.15) is 18.4 Å². The van der Waals surface area contributed by atoms with Gasteiger partial charge in [-0.1, -0.05) is 0 Å². The minimum Gasteiger partial charge on any atom is -0.481 e. The number of oxazole rings is 1. The summed E-state index contributed by atoms with van der Waals surface area (Å²) < 4.78 is 10.4. The van der Waals surface area contributed by atoms with Gasteiger partial charge in [-0.15, -0.1) is 0 Å². The average molecular weight is 357 g/mol. The second kappa shape index (κ2) is 6.93. The Bertz CT molecular complexity index is 781. The number of piperidine rings is 1. The smallest absolute Gasteiger partial charge is 0.275 e. The monoisotopic (exact) mass is 357 g/mol. The lowest BCUT2D eigenvalue weighted by molar-refractivity contribution is 0.0706. The van der Waals surface area contributed by atoms with E-state index in [-0.39, 0.29) is 5.91 Å². The minimum absolute atomic E-state index is 0.0537. The summed E-state index contributed by atoms with van der Waals surface area (Å²) in [6.07, 6.45) is 7.17. The molecule has 2 aromatic rings. The molecule has 0 spiro atoms. The summed E-state index contributed by atoms with van der Waals surface area (Å²) in [4.78, 5) is 29.5. The van der Waals surface area contributed by atoms with Crippen molar-refractivity contribution in [3.8, 4) is 5.88 Å². The number of methoxy groups -OCH3 is 1. The van der Waals surface area contributed by atoms with Crippen LogP contribution in [0, 0.1) is 6.92 Å². The number of rotatable bonds is 5. The normalized spacial score (nSPS) is 18.0. The highest BCUT2D eigenvalue weighted by Gasteiger charge is 2.37. The van der Waals surface area contributed by atoms with Crippen LogP contribution in [0.3, 0.4) is 0 Å². The van der Waals surface area contributed by atoms with Crippen LogP contribution in [0.1, 0.15) is 42.1 Å². The van der Waals surface area contributed by atoms with Crippen molar-refractivity contribution >= 4 is 11.7 Å². The van der Waals surface area contributed by atoms with Crippen LogP contribution < -0.4 is 9.64 Å². The number of ether oxygens (including phenoxy) is 1. The van der Waals surface area contributed by atoms with Gasteiger partial charge in [-0.05, 0) is 25.7 Å². The van der Waals surface area contributed by atoms with Gasteiger partial charge in [0, 0.05) is 38.2 Å². The van der Waals surface area contributed by atoms with Gasteiger partial charge in [-0.3, -0.25) is 4.79 Å². The maximum absolute atomic E-state index is 12.5. The number of carbonyl (C=O) groups is 1. The van der Waals surface area contributed by atoms with Crippen LogP contribution in [0.4, 0.5) is 5.82 Å². The summed E-state index contributed by atoms with van der Waals surface area (Å²) in [5.41, 5.74) is 0.389. The molecule has 8 heteroatoms. The Morgan fingerprint density at radius 1 is 1.23 bits per heavy atom. The molecule has 1 amide bonds. The molecule has 2 fully saturated rings. The summed E-state index contributed by atoms with van der Waals surface area (Å²) in [5, 5.41) is 0. The average Bonchev–Trinajstić information content (AvgIpc) is 3.41. The summed E-state index contributed by atoms with van der Waals surface area (Å²) in [7, 11) is 1.61. The lowest BCUT2D eigenvalue weighted by Crippen LogP contribution is -2.48. The van der Waals surface area contributed by atoms with Crippen molar-refractivity contribution in [2.24, 2.45) is 0 Å². The van der Waals surface area contributed by atoms with Gasteiger partial charge in [0.2, 0.25) is 5.88 Å². The maximum Gasteiger partial charge on any atom is 0.275 e. The van der Waals surface area contributed by atoms with Crippen molar-refractivity contribution in [2.45, 2.75) is 44.7 Å². The Hall–Kier alpha value is -2.64. The number of amides is 1. The first-order chi connectivity index (χ1) is 12.7. The van der Waals surface area contributed by atoms with Crippen molar-refractivity contribution in [2.75, 3.05) is 25.1 Å². The van der Waals surface area contributed by atoms with Crippen molar-refractivity contribution in [1.29, 1.82) is 0 Å². The fourth-order valence-electron chi connectivity index (χ4n) is 3.58. The van der Waals surface area contributed by atoms with E-state index >= 15 is 0 Å². The molecule has 1 saturated carbocycles. The molecule has 1 aliphatic heterocycles. The molecule has 0 unspecified atom stereocenters. The van der Waals surface area contributed by atoms with E-state index < -0.39 is 0 Å². The number of nitrogens with zero attached hydrogens (tertiary/aromatic N) is 5. The van der Waals surface area contributed by atoms with Crippen LogP contribution in [0.15, 0.2) is 23.1 Å². The fourth-order valence-corrected chi connectivity index (χ4v) is 3.58. The SMILES string of the molecule is COc1cc(N(C2CC2)C2CCN(C(=O)c3coc(C)n3)CC2)ncn1. The minimum atomic E-state index is -0.0537. The van der Waals surface area contributed by atoms with Crippen LogP contribution in [0.25, 0.3) is 0 Å². The van der Waals surface area contributed by atoms with Crippen molar-refractivity contribution < 1.29 is 13.9 Å². The lowest BCUT2D eigenvalue weighted by Gasteiger charge is -2.39. The first-order valence-electron chi connectivity index (χ1n) is 9.01. The van der Waals surface area contributed by atoms with E-state index in [1.54, 1.807) is 20.4 Å². The van der Waals surface area contributed by atoms with E-state index in [4.69, 9.17) is 9.15 Å². The Kier molecular flexibility index (Phi) is 4.48. The van der Waals surface area contributed by atoms with E-state index in [0.29, 0.717) is 42.6 Å². The number of aromatic nitrogens is 3. The number of anilines is 1. The highest BCUT2D eigenvalue weighted by atomic mass is 16.5. The fraction of sp³-hybridized carbons (Fsp3) is 0.556. The first-order valence-corrected chi connectivity index (χ1v) is 9.01. The molecule has 1 aliphatic carbocycles. The Morgan fingerprint density at radius 3 is 2.58 bits per heavy atom. The summed E-state index contributed by atoms with van der Waals surface area (Å²) in [5.74, 6) is 1.95. The van der Waals surface area contributed by atoms with Crippen LogP contribution in [-0.2, 0) is 0 Å². The van der Waals surface area contributed by atoms with Crippen molar-refractivity contribution in [3.63, 3.8) is 0 Å². The number of hydrogen-bond donors (Lipinski definition) is 0. The van der Waals surface area contributed by atoms with E-state index in [1.807, 2.05) is 11.0 Å². The zero-order valence-corrected chi connectivity index (χ0v) is 15.1. The molecule has 0 N–H and O–H groups in total. The van der Waals surface area contributed by atoms with E-state index in [0.717, 1.165) is 18.7 Å². The summed E-state index contributed by atoms with van der Waals surface area (Å²) in [6, 6.07) is 2.79. The van der Waals surface area contributed by atoms with Crippen LogP contribution >= 0.6 is 0 Å². The number of carbonyl (C=O) groups excluding carboxylic acids is 1. The standard InChI is InChI=1S/C18H23N5O3/c1-12-21-15(10-26-12)18(24)22-7-5-14(6-8-22)23(13-3-4-13)16-9-17(25-2)20-11-19-16/h9-11,13-14H,3-8H2,1-2H3. The molecule has 26 heavy (non-hydrogen) atoms. The molecular formula is C18H23N5O3. The first kappa shape index (κ1) is 16.8. The highest BCUT2D eigenvalue weighted by molar-refractivity contribution is 5.92. The molecule has 0 atom stereocenters. The second-order valence-corrected chi connectivity index (χ2v) is 6.83. The third-order valence-corrected chi connectivity index (χ3v) is 5.02. The van der Waals surface area contributed by atoms with E-state index in [1.165, 1.54) is 19.1 Å². The molecule has 0 radical (unpaired) electrons. The largest absolute Gasteiger partial charge is 0.481 e. The molecule has 138 valence electrons. The number of aryl methyl sites for hydroxylation is 1. The molecule has 2 aromatic heterocycles. The Balaban J connectivity index is 1.44. The molecule has 8 nitrogen and oxygen atoms in total. The predicted octanol–water partition coefficient (Wildman–Crippen LogP) is 2.06. The molecule has 1 saturated heterocycles. The number of hydrogen-bond acceptors (Lipinski definition) is 7. The van der Waals surface area contributed by atoms with Gasteiger partial charge in [-0.2, -0.15) is 0 Å². The molecule has 3 heterocycles.